The number of benzene rings is 1. The Balaban J connectivity index is 2.35. The fourth-order valence-electron chi connectivity index (χ4n) is 2.99. The van der Waals surface area contributed by atoms with Gasteiger partial charge < -0.3 is 15.2 Å². The van der Waals surface area contributed by atoms with E-state index >= 15 is 0 Å². The van der Waals surface area contributed by atoms with Crippen molar-refractivity contribution in [2.75, 3.05) is 33.3 Å². The first-order chi connectivity index (χ1) is 9.69. The van der Waals surface area contributed by atoms with Crippen molar-refractivity contribution in [1.29, 1.82) is 0 Å². The number of ether oxygens (including phenoxy) is 1. The van der Waals surface area contributed by atoms with E-state index < -0.39 is 0 Å². The van der Waals surface area contributed by atoms with E-state index in [-0.39, 0.29) is 6.04 Å². The number of nitrogens with zero attached hydrogens (tertiary/aromatic N) is 1. The molecule has 20 heavy (non-hydrogen) atoms. The van der Waals surface area contributed by atoms with Gasteiger partial charge in [0.05, 0.1) is 7.11 Å². The minimum absolute atomic E-state index is 0.247. The number of phenols is 1. The van der Waals surface area contributed by atoms with Crippen molar-refractivity contribution < 1.29 is 9.84 Å². The predicted octanol–water partition coefficient (Wildman–Crippen LogP) is 2.39. The molecule has 1 aliphatic heterocycles. The Kier molecular flexibility index (Phi) is 5.26. The molecular weight excluding hydrogens is 252 g/mol. The molecule has 2 atom stereocenters. The summed E-state index contributed by atoms with van der Waals surface area (Å²) in [6.45, 7) is 8.52. The second-order valence-electron chi connectivity index (χ2n) is 5.51. The third-order valence-electron chi connectivity index (χ3n) is 4.30. The molecule has 0 amide bonds. The number of methoxy groups -OCH3 is 1. The minimum Gasteiger partial charge on any atom is -0.504 e. The van der Waals surface area contributed by atoms with Crippen LogP contribution in [-0.2, 0) is 0 Å². The second kappa shape index (κ2) is 6.95. The first-order valence-electron chi connectivity index (χ1n) is 7.49. The van der Waals surface area contributed by atoms with Crippen LogP contribution in [0.2, 0.25) is 0 Å². The lowest BCUT2D eigenvalue weighted by atomic mass is 9.89. The highest BCUT2D eigenvalue weighted by molar-refractivity contribution is 5.47. The van der Waals surface area contributed by atoms with Crippen molar-refractivity contribution >= 4 is 0 Å². The smallest absolute Gasteiger partial charge is 0.162 e. The van der Waals surface area contributed by atoms with Crippen LogP contribution >= 0.6 is 0 Å². The lowest BCUT2D eigenvalue weighted by molar-refractivity contribution is 0.126. The number of hydrogen-bond acceptors (Lipinski definition) is 4. The molecular formula is C16H26N2O2. The highest BCUT2D eigenvalue weighted by Crippen LogP contribution is 2.40. The molecule has 0 radical (unpaired) electrons. The average Bonchev–Trinajstić information content (AvgIpc) is 2.50. The standard InChI is InChI=1S/C16H26N2O2/c1-4-12(2)15(18-10-8-17-9-11-18)13-6-5-7-14(20-3)16(13)19/h5-7,12,15,17,19H,4,8-11H2,1-3H3/t12?,15-/m1/s1. The molecule has 2 rings (SSSR count). The molecule has 4 nitrogen and oxygen atoms in total. The SMILES string of the molecule is CCC(C)[C@H](c1cccc(OC)c1O)N1CCNCC1. The molecule has 1 unspecified atom stereocenters. The maximum absolute atomic E-state index is 10.5. The Morgan fingerprint density at radius 2 is 2.05 bits per heavy atom. The van der Waals surface area contributed by atoms with Gasteiger partial charge in [-0.15, -0.1) is 0 Å². The molecule has 0 bridgehead atoms. The Morgan fingerprint density at radius 1 is 1.35 bits per heavy atom. The largest absolute Gasteiger partial charge is 0.504 e. The molecule has 112 valence electrons. The first-order valence-corrected chi connectivity index (χ1v) is 7.49. The first kappa shape index (κ1) is 15.1. The van der Waals surface area contributed by atoms with Crippen LogP contribution in [0.5, 0.6) is 11.5 Å². The van der Waals surface area contributed by atoms with Gasteiger partial charge in [-0.05, 0) is 12.0 Å². The van der Waals surface area contributed by atoms with Crippen molar-refractivity contribution in [1.82, 2.24) is 10.2 Å². The van der Waals surface area contributed by atoms with E-state index in [1.807, 2.05) is 18.2 Å². The number of hydrogen-bond donors (Lipinski definition) is 2. The third kappa shape index (κ3) is 3.07. The van der Waals surface area contributed by atoms with Gasteiger partial charge in [0.15, 0.2) is 11.5 Å². The lowest BCUT2D eigenvalue weighted by Gasteiger charge is -2.38. The van der Waals surface area contributed by atoms with E-state index in [1.54, 1.807) is 7.11 Å². The fourth-order valence-corrected chi connectivity index (χ4v) is 2.99. The van der Waals surface area contributed by atoms with Gasteiger partial charge in [-0.1, -0.05) is 32.4 Å². The van der Waals surface area contributed by atoms with Crippen LogP contribution in [-0.4, -0.2) is 43.3 Å². The predicted molar refractivity (Wildman–Crippen MR) is 81.3 cm³/mol. The van der Waals surface area contributed by atoms with Crippen LogP contribution < -0.4 is 10.1 Å². The minimum atomic E-state index is 0.247. The van der Waals surface area contributed by atoms with Gasteiger partial charge in [0.1, 0.15) is 0 Å². The maximum Gasteiger partial charge on any atom is 0.162 e. The Bertz CT molecular complexity index is 430. The average molecular weight is 278 g/mol. The Morgan fingerprint density at radius 3 is 2.65 bits per heavy atom. The van der Waals surface area contributed by atoms with Crippen molar-refractivity contribution in [2.24, 2.45) is 5.92 Å². The Labute approximate surface area is 121 Å². The van der Waals surface area contributed by atoms with Crippen molar-refractivity contribution in [2.45, 2.75) is 26.3 Å². The third-order valence-corrected chi connectivity index (χ3v) is 4.30. The second-order valence-corrected chi connectivity index (χ2v) is 5.51. The van der Waals surface area contributed by atoms with Gasteiger partial charge in [-0.3, -0.25) is 4.90 Å². The molecule has 1 saturated heterocycles. The van der Waals surface area contributed by atoms with E-state index in [1.165, 1.54) is 0 Å². The van der Waals surface area contributed by atoms with Gasteiger partial charge in [-0.25, -0.2) is 0 Å². The van der Waals surface area contributed by atoms with E-state index in [4.69, 9.17) is 4.74 Å². The number of nitrogens with one attached hydrogen (secondary N) is 1. The van der Waals surface area contributed by atoms with Gasteiger partial charge in [0.2, 0.25) is 0 Å². The van der Waals surface area contributed by atoms with Crippen LogP contribution in [0.1, 0.15) is 31.9 Å². The summed E-state index contributed by atoms with van der Waals surface area (Å²) in [5.41, 5.74) is 0.987. The quantitative estimate of drug-likeness (QED) is 0.868. The number of aromatic hydroxyl groups is 1. The van der Waals surface area contributed by atoms with E-state index in [0.717, 1.165) is 38.2 Å². The highest BCUT2D eigenvalue weighted by atomic mass is 16.5. The zero-order valence-electron chi connectivity index (χ0n) is 12.7. The molecule has 0 spiro atoms. The van der Waals surface area contributed by atoms with Crippen LogP contribution in [0.4, 0.5) is 0 Å². The maximum atomic E-state index is 10.5. The van der Waals surface area contributed by atoms with Crippen molar-refractivity contribution in [3.05, 3.63) is 23.8 Å². The van der Waals surface area contributed by atoms with Crippen LogP contribution in [0.3, 0.4) is 0 Å². The summed E-state index contributed by atoms with van der Waals surface area (Å²) in [5.74, 6) is 1.34. The fraction of sp³-hybridized carbons (Fsp3) is 0.625. The monoisotopic (exact) mass is 278 g/mol. The summed E-state index contributed by atoms with van der Waals surface area (Å²) >= 11 is 0. The van der Waals surface area contributed by atoms with Crippen LogP contribution in [0.25, 0.3) is 0 Å². The molecule has 1 aromatic carbocycles. The zero-order chi connectivity index (χ0) is 14.5. The van der Waals surface area contributed by atoms with Crippen molar-refractivity contribution in [3.8, 4) is 11.5 Å². The molecule has 0 saturated carbocycles. The summed E-state index contributed by atoms with van der Waals surface area (Å²) in [4.78, 5) is 2.47. The number of phenolic OH excluding ortho intramolecular Hbond substituents is 1. The molecule has 0 aromatic heterocycles. The summed E-state index contributed by atoms with van der Waals surface area (Å²) < 4.78 is 5.26. The number of piperazine rings is 1. The topological polar surface area (TPSA) is 44.7 Å². The summed E-state index contributed by atoms with van der Waals surface area (Å²) in [6.07, 6.45) is 1.09. The zero-order valence-corrected chi connectivity index (χ0v) is 12.7. The van der Waals surface area contributed by atoms with Gasteiger partial charge in [0, 0.05) is 37.8 Å². The molecule has 1 aliphatic rings. The van der Waals surface area contributed by atoms with Crippen LogP contribution in [0.15, 0.2) is 18.2 Å². The van der Waals surface area contributed by atoms with E-state index in [2.05, 4.69) is 24.1 Å². The summed E-state index contributed by atoms with van der Waals surface area (Å²) in [5, 5.41) is 13.9. The molecule has 1 fully saturated rings. The Hall–Kier alpha value is -1.26. The van der Waals surface area contributed by atoms with E-state index in [9.17, 15) is 5.11 Å². The van der Waals surface area contributed by atoms with Crippen molar-refractivity contribution in [3.63, 3.8) is 0 Å². The summed E-state index contributed by atoms with van der Waals surface area (Å²) in [7, 11) is 1.60. The summed E-state index contributed by atoms with van der Waals surface area (Å²) in [6, 6.07) is 6.05. The molecule has 4 heteroatoms. The lowest BCUT2D eigenvalue weighted by Crippen LogP contribution is -2.46. The number of rotatable bonds is 5. The molecule has 2 N–H and O–H groups in total. The van der Waals surface area contributed by atoms with Gasteiger partial charge in [-0.2, -0.15) is 0 Å². The normalized spacial score (nSPS) is 19.6. The number of para-hydroxylation sites is 1. The molecule has 0 aliphatic carbocycles. The highest BCUT2D eigenvalue weighted by Gasteiger charge is 2.29. The molecule has 1 aromatic rings. The van der Waals surface area contributed by atoms with Gasteiger partial charge >= 0.3 is 0 Å². The van der Waals surface area contributed by atoms with E-state index in [0.29, 0.717) is 17.4 Å². The molecule has 1 heterocycles. The van der Waals surface area contributed by atoms with Crippen LogP contribution in [0, 0.1) is 5.92 Å². The van der Waals surface area contributed by atoms with Gasteiger partial charge in [0.25, 0.3) is 0 Å².